The van der Waals surface area contributed by atoms with E-state index in [1.165, 1.54) is 0 Å². The topological polar surface area (TPSA) is 70.8 Å². The predicted molar refractivity (Wildman–Crippen MR) is 186 cm³/mol. The van der Waals surface area contributed by atoms with Gasteiger partial charge in [-0.3, -0.25) is 9.98 Å². The van der Waals surface area contributed by atoms with Gasteiger partial charge in [-0.25, -0.2) is 0 Å². The molecule has 5 heteroatoms. The molecule has 0 amide bonds. The van der Waals surface area contributed by atoms with Crippen LogP contribution in [-0.4, -0.2) is 12.4 Å². The van der Waals surface area contributed by atoms with E-state index < -0.39 is 0 Å². The van der Waals surface area contributed by atoms with Gasteiger partial charge >= 0.3 is 16.5 Å². The molecule has 47 heavy (non-hydrogen) atoms. The molecule has 0 unspecified atom stereocenters. The van der Waals surface area contributed by atoms with Crippen molar-refractivity contribution in [3.8, 4) is 11.5 Å². The Labute approximate surface area is 287 Å². The Morgan fingerprint density at radius 3 is 0.979 bits per heavy atom. The van der Waals surface area contributed by atoms with Crippen LogP contribution in [-0.2, 0) is 16.5 Å². The molecule has 0 bridgehead atoms. The molecule has 0 aliphatic heterocycles. The van der Waals surface area contributed by atoms with Crippen LogP contribution in [0.4, 0.5) is 0 Å². The van der Waals surface area contributed by atoms with E-state index in [2.05, 4.69) is 48.5 Å². The van der Waals surface area contributed by atoms with Gasteiger partial charge in [0.05, 0.1) is 12.1 Å². The van der Waals surface area contributed by atoms with Crippen molar-refractivity contribution in [3.63, 3.8) is 0 Å². The number of hydrogen-bond donors (Lipinski definition) is 0. The summed E-state index contributed by atoms with van der Waals surface area (Å²) in [4.78, 5) is 9.42. The van der Waals surface area contributed by atoms with E-state index in [0.29, 0.717) is 11.1 Å². The first-order chi connectivity index (χ1) is 22.5. The van der Waals surface area contributed by atoms with Gasteiger partial charge in [0.1, 0.15) is 0 Å². The minimum absolute atomic E-state index is 0. The third-order valence-electron chi connectivity index (χ3n) is 7.52. The Balaban J connectivity index is 0.000000208. The van der Waals surface area contributed by atoms with Crippen LogP contribution in [0.3, 0.4) is 0 Å². The summed E-state index contributed by atoms with van der Waals surface area (Å²) in [6.45, 7) is 3.95. The average Bonchev–Trinajstić information content (AvgIpc) is 3.10. The van der Waals surface area contributed by atoms with Gasteiger partial charge in [-0.05, 0) is 47.2 Å². The Kier molecular flexibility index (Phi) is 12.9. The molecular weight excluding hydrogens is 623 g/mol. The van der Waals surface area contributed by atoms with Crippen LogP contribution in [0.15, 0.2) is 168 Å². The maximum absolute atomic E-state index is 12.0. The number of hydrogen-bond acceptors (Lipinski definition) is 4. The SMILES string of the molecule is Cc1ccc([O-])c(C=NC(c2ccccc2)c2ccccc2)c1.Cc1ccc([O-])c(C=NC(c2ccccc2)c2ccccc2)c1.[Ni+2]. The van der Waals surface area contributed by atoms with Crippen molar-refractivity contribution < 1.29 is 26.7 Å². The second-order valence-electron chi connectivity index (χ2n) is 11.1. The van der Waals surface area contributed by atoms with E-state index in [-0.39, 0.29) is 40.1 Å². The summed E-state index contributed by atoms with van der Waals surface area (Å²) in [6.07, 6.45) is 3.39. The predicted octanol–water partition coefficient (Wildman–Crippen LogP) is 8.55. The zero-order chi connectivity index (χ0) is 32.1. The minimum Gasteiger partial charge on any atom is -0.872 e. The molecule has 0 radical (unpaired) electrons. The average molecular weight is 659 g/mol. The summed E-state index contributed by atoms with van der Waals surface area (Å²) in [5, 5.41) is 23.9. The number of benzene rings is 6. The maximum Gasteiger partial charge on any atom is 2.00 e. The van der Waals surface area contributed by atoms with Crippen molar-refractivity contribution in [1.29, 1.82) is 0 Å². The Morgan fingerprint density at radius 1 is 0.426 bits per heavy atom. The smallest absolute Gasteiger partial charge is 0.872 e. The van der Waals surface area contributed by atoms with Gasteiger partial charge in [-0.15, -0.1) is 11.5 Å². The van der Waals surface area contributed by atoms with Gasteiger partial charge in [0.15, 0.2) is 0 Å². The van der Waals surface area contributed by atoms with Crippen molar-refractivity contribution in [1.82, 2.24) is 0 Å². The molecule has 236 valence electrons. The van der Waals surface area contributed by atoms with E-state index in [4.69, 9.17) is 9.98 Å². The first kappa shape index (κ1) is 34.6. The zero-order valence-electron chi connectivity index (χ0n) is 26.3. The van der Waals surface area contributed by atoms with Crippen molar-refractivity contribution >= 4 is 12.4 Å². The minimum atomic E-state index is -0.114. The van der Waals surface area contributed by atoms with E-state index in [1.54, 1.807) is 24.6 Å². The molecule has 6 aromatic carbocycles. The molecule has 0 heterocycles. The molecule has 0 fully saturated rings. The quantitative estimate of drug-likeness (QED) is 0.121. The fraction of sp³-hybridized carbons (Fsp3) is 0.0952. The van der Waals surface area contributed by atoms with Crippen LogP contribution in [0.1, 0.15) is 56.6 Å². The maximum atomic E-state index is 12.0. The molecule has 0 saturated heterocycles. The summed E-state index contributed by atoms with van der Waals surface area (Å²) in [6, 6.07) is 50.8. The fourth-order valence-electron chi connectivity index (χ4n) is 5.12. The first-order valence-corrected chi connectivity index (χ1v) is 15.3. The van der Waals surface area contributed by atoms with Crippen LogP contribution in [0, 0.1) is 13.8 Å². The third kappa shape index (κ3) is 9.87. The molecule has 0 spiro atoms. The number of nitrogens with zero attached hydrogens (tertiary/aromatic N) is 2. The van der Waals surface area contributed by atoms with Crippen LogP contribution < -0.4 is 10.2 Å². The van der Waals surface area contributed by atoms with Crippen LogP contribution >= 0.6 is 0 Å². The Bertz CT molecular complexity index is 1660. The van der Waals surface area contributed by atoms with Gasteiger partial charge in [0.2, 0.25) is 0 Å². The second kappa shape index (κ2) is 17.4. The fourth-order valence-corrected chi connectivity index (χ4v) is 5.12. The molecule has 6 rings (SSSR count). The molecule has 0 aliphatic rings. The number of rotatable bonds is 8. The normalized spacial score (nSPS) is 11.0. The van der Waals surface area contributed by atoms with Gasteiger partial charge in [0, 0.05) is 12.4 Å². The van der Waals surface area contributed by atoms with Crippen molar-refractivity contribution in [2.45, 2.75) is 25.9 Å². The summed E-state index contributed by atoms with van der Waals surface area (Å²) in [7, 11) is 0. The van der Waals surface area contributed by atoms with Crippen molar-refractivity contribution in [3.05, 3.63) is 202 Å². The van der Waals surface area contributed by atoms with Crippen molar-refractivity contribution in [2.75, 3.05) is 0 Å². The summed E-state index contributed by atoms with van der Waals surface area (Å²) >= 11 is 0. The van der Waals surface area contributed by atoms with Crippen LogP contribution in [0.5, 0.6) is 11.5 Å². The summed E-state index contributed by atoms with van der Waals surface area (Å²) in [5.41, 5.74) is 7.79. The third-order valence-corrected chi connectivity index (χ3v) is 7.52. The Hall–Kier alpha value is -5.25. The van der Waals surface area contributed by atoms with Gasteiger partial charge in [-0.1, -0.05) is 169 Å². The molecule has 0 saturated carbocycles. The van der Waals surface area contributed by atoms with Gasteiger partial charge < -0.3 is 10.2 Å². The molecule has 4 nitrogen and oxygen atoms in total. The van der Waals surface area contributed by atoms with Gasteiger partial charge in [0.25, 0.3) is 0 Å². The number of aryl methyl sites for hydroxylation is 2. The second-order valence-corrected chi connectivity index (χ2v) is 11.1. The summed E-state index contributed by atoms with van der Waals surface area (Å²) < 4.78 is 0. The van der Waals surface area contributed by atoms with E-state index >= 15 is 0 Å². The molecule has 6 aromatic rings. The number of aliphatic imine (C=N–C) groups is 2. The molecule has 0 aromatic heterocycles. The molecular formula is C42H36N2NiO2. The molecule has 0 N–H and O–H groups in total. The van der Waals surface area contributed by atoms with Crippen molar-refractivity contribution in [2.24, 2.45) is 9.98 Å². The zero-order valence-corrected chi connectivity index (χ0v) is 27.3. The molecule has 0 atom stereocenters. The Morgan fingerprint density at radius 2 is 0.702 bits per heavy atom. The molecule has 0 aliphatic carbocycles. The monoisotopic (exact) mass is 658 g/mol. The van der Waals surface area contributed by atoms with E-state index in [9.17, 15) is 10.2 Å². The van der Waals surface area contributed by atoms with E-state index in [1.807, 2.05) is 111 Å². The van der Waals surface area contributed by atoms with Gasteiger partial charge in [-0.2, -0.15) is 0 Å². The standard InChI is InChI=1S/2C21H19NO.Ni/c2*1-16-12-13-20(23)19(14-16)15-22-21(17-8-4-2-5-9-17)18-10-6-3-7-11-18;/h2*2-15,21,23H,1H3;/q;;+2/p-2. The van der Waals surface area contributed by atoms with Crippen LogP contribution in [0.25, 0.3) is 0 Å². The largest absolute Gasteiger partial charge is 2.00 e. The summed E-state index contributed by atoms with van der Waals surface area (Å²) in [5.74, 6) is -0.00144. The van der Waals surface area contributed by atoms with Crippen LogP contribution in [0.2, 0.25) is 0 Å². The van der Waals surface area contributed by atoms with E-state index in [0.717, 1.165) is 33.4 Å². The first-order valence-electron chi connectivity index (χ1n) is 15.3.